The maximum Gasteiger partial charge on any atom is 0.101 e. The van der Waals surface area contributed by atoms with Gasteiger partial charge in [0.15, 0.2) is 0 Å². The second-order valence-electron chi connectivity index (χ2n) is 7.99. The molecule has 28 heavy (non-hydrogen) atoms. The lowest BCUT2D eigenvalue weighted by molar-refractivity contribution is -0.920. The molecule has 0 atom stereocenters. The molecule has 1 aromatic rings. The molecule has 0 heterocycles. The highest BCUT2D eigenvalue weighted by Gasteiger charge is 2.25. The fourth-order valence-corrected chi connectivity index (χ4v) is 4.25. The first-order valence-corrected chi connectivity index (χ1v) is 11.7. The van der Waals surface area contributed by atoms with Gasteiger partial charge in [-0.05, 0) is 69.2 Å². The van der Waals surface area contributed by atoms with Crippen molar-refractivity contribution in [3.8, 4) is 0 Å². The van der Waals surface area contributed by atoms with E-state index in [-0.39, 0.29) is 12.4 Å². The summed E-state index contributed by atoms with van der Waals surface area (Å²) < 4.78 is 1.25. The Hall–Kier alpha value is -0.500. The SMILES string of the molecule is CCCCCCC[N+](CC)(CC)CC(CC)=C(CC)Cc1ccc(Cl)cc1.[Cl-]. The monoisotopic (exact) mass is 427 g/mol. The lowest BCUT2D eigenvalue weighted by atomic mass is 9.95. The van der Waals surface area contributed by atoms with Crippen molar-refractivity contribution in [2.75, 3.05) is 26.2 Å². The summed E-state index contributed by atoms with van der Waals surface area (Å²) in [6.45, 7) is 16.8. The molecule has 0 saturated carbocycles. The van der Waals surface area contributed by atoms with E-state index in [0.29, 0.717) is 0 Å². The molecule has 0 unspecified atom stereocenters. The summed E-state index contributed by atoms with van der Waals surface area (Å²) in [5.74, 6) is 0. The number of nitrogens with zero attached hydrogens (tertiary/aromatic N) is 1. The van der Waals surface area contributed by atoms with Crippen LogP contribution in [0, 0.1) is 0 Å². The maximum atomic E-state index is 6.06. The molecule has 1 aromatic carbocycles. The first-order valence-electron chi connectivity index (χ1n) is 11.3. The molecular formula is C25H43Cl2N. The molecule has 0 amide bonds. The van der Waals surface area contributed by atoms with Crippen LogP contribution in [0.1, 0.15) is 85.1 Å². The van der Waals surface area contributed by atoms with Crippen molar-refractivity contribution in [3.63, 3.8) is 0 Å². The van der Waals surface area contributed by atoms with Crippen LogP contribution < -0.4 is 12.4 Å². The van der Waals surface area contributed by atoms with Gasteiger partial charge < -0.3 is 16.9 Å². The number of hydrogen-bond acceptors (Lipinski definition) is 0. The van der Waals surface area contributed by atoms with Gasteiger partial charge in [-0.25, -0.2) is 0 Å². The third kappa shape index (κ3) is 9.33. The van der Waals surface area contributed by atoms with E-state index in [9.17, 15) is 0 Å². The van der Waals surface area contributed by atoms with Crippen LogP contribution in [-0.2, 0) is 6.42 Å². The number of benzene rings is 1. The Kier molecular flexibility index (Phi) is 15.1. The third-order valence-electron chi connectivity index (χ3n) is 6.29. The molecule has 0 bridgehead atoms. The minimum Gasteiger partial charge on any atom is -1.00 e. The molecule has 0 spiro atoms. The van der Waals surface area contributed by atoms with Crippen LogP contribution in [-0.4, -0.2) is 30.7 Å². The summed E-state index contributed by atoms with van der Waals surface area (Å²) in [4.78, 5) is 0. The van der Waals surface area contributed by atoms with Gasteiger partial charge in [-0.15, -0.1) is 0 Å². The minimum atomic E-state index is 0. The summed E-state index contributed by atoms with van der Waals surface area (Å²) in [5, 5.41) is 0.826. The Balaban J connectivity index is 0.00000729. The van der Waals surface area contributed by atoms with Crippen molar-refractivity contribution < 1.29 is 16.9 Å². The topological polar surface area (TPSA) is 0 Å². The van der Waals surface area contributed by atoms with Crippen molar-refractivity contribution >= 4 is 11.6 Å². The van der Waals surface area contributed by atoms with E-state index in [2.05, 4.69) is 46.8 Å². The molecule has 1 nitrogen and oxygen atoms in total. The van der Waals surface area contributed by atoms with Gasteiger partial charge in [0.25, 0.3) is 0 Å². The zero-order valence-electron chi connectivity index (χ0n) is 19.0. The molecule has 0 aliphatic rings. The smallest absolute Gasteiger partial charge is 0.101 e. The van der Waals surface area contributed by atoms with E-state index < -0.39 is 0 Å². The van der Waals surface area contributed by atoms with Crippen LogP contribution in [0.25, 0.3) is 0 Å². The van der Waals surface area contributed by atoms with Crippen LogP contribution in [0.3, 0.4) is 0 Å². The first kappa shape index (κ1) is 27.5. The lowest BCUT2D eigenvalue weighted by Crippen LogP contribution is -3.00. The van der Waals surface area contributed by atoms with Crippen molar-refractivity contribution in [2.45, 2.75) is 86.0 Å². The molecule has 0 radical (unpaired) electrons. The number of unbranched alkanes of at least 4 members (excludes halogenated alkanes) is 4. The van der Waals surface area contributed by atoms with Gasteiger partial charge in [0.1, 0.15) is 6.54 Å². The standard InChI is InChI=1S/C25H43ClN.ClH/c1-6-11-12-13-14-19-27(9-4,10-5)21-24(8-3)23(7-2)20-22-15-17-25(26)18-16-22;/h15-18H,6-14,19-21H2,1-5H3;1H/q+1;/p-1. The van der Waals surface area contributed by atoms with Gasteiger partial charge in [0.05, 0.1) is 19.6 Å². The van der Waals surface area contributed by atoms with Gasteiger partial charge in [0, 0.05) is 5.02 Å². The number of halogens is 2. The summed E-state index contributed by atoms with van der Waals surface area (Å²) >= 11 is 6.06. The highest BCUT2D eigenvalue weighted by Crippen LogP contribution is 2.24. The highest BCUT2D eigenvalue weighted by atomic mass is 35.5. The lowest BCUT2D eigenvalue weighted by Gasteiger charge is -2.38. The maximum absolute atomic E-state index is 6.06. The Morgan fingerprint density at radius 3 is 1.86 bits per heavy atom. The normalized spacial score (nSPS) is 12.5. The summed E-state index contributed by atoms with van der Waals surface area (Å²) in [5.41, 5.74) is 4.70. The zero-order valence-corrected chi connectivity index (χ0v) is 20.5. The Bertz CT molecular complexity index is 544. The summed E-state index contributed by atoms with van der Waals surface area (Å²) in [6.07, 6.45) is 10.3. The Labute approximate surface area is 186 Å². The Morgan fingerprint density at radius 2 is 1.36 bits per heavy atom. The average molecular weight is 429 g/mol. The molecule has 0 fully saturated rings. The van der Waals surface area contributed by atoms with Gasteiger partial charge in [-0.1, -0.05) is 69.3 Å². The van der Waals surface area contributed by atoms with Gasteiger partial charge in [-0.3, -0.25) is 0 Å². The highest BCUT2D eigenvalue weighted by molar-refractivity contribution is 6.30. The second-order valence-corrected chi connectivity index (χ2v) is 8.42. The fraction of sp³-hybridized carbons (Fsp3) is 0.680. The van der Waals surface area contributed by atoms with E-state index in [1.54, 1.807) is 11.1 Å². The van der Waals surface area contributed by atoms with Crippen LogP contribution in [0.4, 0.5) is 0 Å². The van der Waals surface area contributed by atoms with Gasteiger partial charge in [-0.2, -0.15) is 0 Å². The fourth-order valence-electron chi connectivity index (χ4n) is 4.12. The predicted molar refractivity (Wildman–Crippen MR) is 123 cm³/mol. The summed E-state index contributed by atoms with van der Waals surface area (Å²) in [7, 11) is 0. The molecule has 0 aliphatic carbocycles. The van der Waals surface area contributed by atoms with E-state index >= 15 is 0 Å². The van der Waals surface area contributed by atoms with Crippen LogP contribution in [0.5, 0.6) is 0 Å². The molecule has 3 heteroatoms. The van der Waals surface area contributed by atoms with E-state index in [1.165, 1.54) is 74.8 Å². The van der Waals surface area contributed by atoms with Crippen molar-refractivity contribution in [1.82, 2.24) is 0 Å². The van der Waals surface area contributed by atoms with Crippen LogP contribution in [0.15, 0.2) is 35.4 Å². The number of allylic oxidation sites excluding steroid dienone is 1. The number of rotatable bonds is 14. The van der Waals surface area contributed by atoms with Crippen molar-refractivity contribution in [2.24, 2.45) is 0 Å². The van der Waals surface area contributed by atoms with E-state index in [0.717, 1.165) is 17.9 Å². The van der Waals surface area contributed by atoms with E-state index in [1.807, 2.05) is 12.1 Å². The summed E-state index contributed by atoms with van der Waals surface area (Å²) in [6, 6.07) is 8.40. The molecule has 0 saturated heterocycles. The number of hydrogen-bond donors (Lipinski definition) is 0. The van der Waals surface area contributed by atoms with Gasteiger partial charge in [0.2, 0.25) is 0 Å². The van der Waals surface area contributed by atoms with E-state index in [4.69, 9.17) is 11.6 Å². The number of quaternary nitrogens is 1. The average Bonchev–Trinajstić information content (AvgIpc) is 2.70. The van der Waals surface area contributed by atoms with Crippen molar-refractivity contribution in [3.05, 3.63) is 46.0 Å². The van der Waals surface area contributed by atoms with Crippen LogP contribution in [0.2, 0.25) is 5.02 Å². The Morgan fingerprint density at radius 1 is 0.786 bits per heavy atom. The minimum absolute atomic E-state index is 0. The molecule has 0 aromatic heterocycles. The first-order chi connectivity index (χ1) is 13.0. The number of likely N-dealkylation sites (N-methyl/N-ethyl adjacent to an activating group) is 1. The largest absolute Gasteiger partial charge is 1.00 e. The van der Waals surface area contributed by atoms with Gasteiger partial charge >= 0.3 is 0 Å². The quantitative estimate of drug-likeness (QED) is 0.226. The molecular weight excluding hydrogens is 385 g/mol. The van der Waals surface area contributed by atoms with Crippen molar-refractivity contribution in [1.29, 1.82) is 0 Å². The van der Waals surface area contributed by atoms with Crippen LogP contribution >= 0.6 is 11.6 Å². The second kappa shape index (κ2) is 15.4. The zero-order chi connectivity index (χ0) is 20.1. The molecule has 0 aliphatic heterocycles. The molecule has 1 rings (SSSR count). The molecule has 0 N–H and O–H groups in total. The molecule has 162 valence electrons. The third-order valence-corrected chi connectivity index (χ3v) is 6.54. The predicted octanol–water partition coefficient (Wildman–Crippen LogP) is 4.83.